The fourth-order valence-corrected chi connectivity index (χ4v) is 3.72. The number of rotatable bonds is 1. The van der Waals surface area contributed by atoms with Crippen molar-refractivity contribution in [2.75, 3.05) is 19.6 Å². The summed E-state index contributed by atoms with van der Waals surface area (Å²) in [7, 11) is 0. The van der Waals surface area contributed by atoms with Gasteiger partial charge in [0.25, 0.3) is 0 Å². The Morgan fingerprint density at radius 2 is 1.94 bits per heavy atom. The van der Waals surface area contributed by atoms with Crippen LogP contribution in [-0.2, 0) is 4.87 Å². The zero-order valence-electron chi connectivity index (χ0n) is 8.87. The standard InChI is InChI=1S/C11H13Cl2N3/c12-10-9(14-3-4-15-10)11(13)7-16-5-1-8(11)2-6-16/h3-4,8H,1-2,5-7H2. The van der Waals surface area contributed by atoms with Gasteiger partial charge in [-0.15, -0.1) is 11.6 Å². The molecule has 3 saturated heterocycles. The van der Waals surface area contributed by atoms with Gasteiger partial charge >= 0.3 is 0 Å². The molecule has 4 heterocycles. The van der Waals surface area contributed by atoms with Gasteiger partial charge in [0.05, 0.1) is 0 Å². The zero-order chi connectivity index (χ0) is 11.2. The molecule has 3 nitrogen and oxygen atoms in total. The van der Waals surface area contributed by atoms with Crippen molar-refractivity contribution in [3.63, 3.8) is 0 Å². The van der Waals surface area contributed by atoms with Gasteiger partial charge in [-0.05, 0) is 31.8 Å². The monoisotopic (exact) mass is 257 g/mol. The quantitative estimate of drug-likeness (QED) is 0.724. The third-order valence-electron chi connectivity index (χ3n) is 3.74. The lowest BCUT2D eigenvalue weighted by Gasteiger charge is -2.49. The van der Waals surface area contributed by atoms with E-state index in [1.54, 1.807) is 12.4 Å². The summed E-state index contributed by atoms with van der Waals surface area (Å²) in [6.07, 6.45) is 5.54. The molecule has 1 aromatic rings. The second-order valence-electron chi connectivity index (χ2n) is 4.61. The van der Waals surface area contributed by atoms with Gasteiger partial charge in [-0.3, -0.25) is 4.98 Å². The van der Waals surface area contributed by atoms with Crippen LogP contribution < -0.4 is 0 Å². The molecule has 1 atom stereocenters. The molecule has 3 aliphatic rings. The normalized spacial score (nSPS) is 37.6. The summed E-state index contributed by atoms with van der Waals surface area (Å²) in [6.45, 7) is 3.14. The van der Waals surface area contributed by atoms with Gasteiger partial charge in [0, 0.05) is 18.9 Å². The molecule has 3 aliphatic heterocycles. The maximum Gasteiger partial charge on any atom is 0.152 e. The van der Waals surface area contributed by atoms with Crippen molar-refractivity contribution in [3.8, 4) is 0 Å². The second-order valence-corrected chi connectivity index (χ2v) is 5.64. The van der Waals surface area contributed by atoms with Gasteiger partial charge in [0.1, 0.15) is 10.6 Å². The highest BCUT2D eigenvalue weighted by molar-refractivity contribution is 6.32. The van der Waals surface area contributed by atoms with E-state index in [-0.39, 0.29) is 0 Å². The fraction of sp³-hybridized carbons (Fsp3) is 0.636. The Labute approximate surface area is 105 Å². The SMILES string of the molecule is Clc1nccnc1C1(Cl)CN2CCC1CC2. The largest absolute Gasteiger partial charge is 0.301 e. The Kier molecular flexibility index (Phi) is 2.57. The average Bonchev–Trinajstić information content (AvgIpc) is 2.30. The molecule has 0 radical (unpaired) electrons. The number of alkyl halides is 1. The van der Waals surface area contributed by atoms with E-state index >= 15 is 0 Å². The van der Waals surface area contributed by atoms with Crippen LogP contribution in [0.15, 0.2) is 12.4 Å². The van der Waals surface area contributed by atoms with Gasteiger partial charge in [-0.1, -0.05) is 11.6 Å². The number of nitrogens with zero attached hydrogens (tertiary/aromatic N) is 3. The molecule has 0 N–H and O–H groups in total. The Hall–Kier alpha value is -0.380. The summed E-state index contributed by atoms with van der Waals surface area (Å²) in [4.78, 5) is 10.4. The van der Waals surface area contributed by atoms with Gasteiger partial charge in [-0.2, -0.15) is 0 Å². The van der Waals surface area contributed by atoms with Crippen molar-refractivity contribution < 1.29 is 0 Å². The molecular formula is C11H13Cl2N3. The molecule has 0 aliphatic carbocycles. The Morgan fingerprint density at radius 3 is 2.50 bits per heavy atom. The lowest BCUT2D eigenvalue weighted by Crippen LogP contribution is -2.54. The summed E-state index contributed by atoms with van der Waals surface area (Å²) in [5.41, 5.74) is 0.757. The maximum absolute atomic E-state index is 6.77. The van der Waals surface area contributed by atoms with Crippen LogP contribution in [0.5, 0.6) is 0 Å². The number of hydrogen-bond acceptors (Lipinski definition) is 3. The minimum absolute atomic E-state index is 0.429. The third-order valence-corrected chi connectivity index (χ3v) is 4.62. The molecule has 5 heteroatoms. The van der Waals surface area contributed by atoms with Crippen molar-refractivity contribution in [2.24, 2.45) is 5.92 Å². The molecule has 0 aromatic carbocycles. The molecule has 0 spiro atoms. The first-order valence-electron chi connectivity index (χ1n) is 5.58. The molecule has 1 aromatic heterocycles. The number of piperidine rings is 3. The van der Waals surface area contributed by atoms with Gasteiger partial charge in [0.15, 0.2) is 5.15 Å². The first-order chi connectivity index (χ1) is 7.70. The fourth-order valence-electron chi connectivity index (χ4n) is 2.87. The molecule has 16 heavy (non-hydrogen) atoms. The van der Waals surface area contributed by atoms with E-state index in [1.165, 1.54) is 0 Å². The highest BCUT2D eigenvalue weighted by atomic mass is 35.5. The van der Waals surface area contributed by atoms with E-state index in [4.69, 9.17) is 23.2 Å². The summed E-state index contributed by atoms with van der Waals surface area (Å²) < 4.78 is 0. The molecule has 86 valence electrons. The van der Waals surface area contributed by atoms with E-state index in [0.717, 1.165) is 38.2 Å². The molecule has 1 unspecified atom stereocenters. The van der Waals surface area contributed by atoms with Crippen molar-refractivity contribution in [2.45, 2.75) is 17.7 Å². The van der Waals surface area contributed by atoms with Crippen LogP contribution in [0.25, 0.3) is 0 Å². The lowest BCUT2D eigenvalue weighted by atomic mass is 9.76. The van der Waals surface area contributed by atoms with Crippen LogP contribution in [0.2, 0.25) is 5.15 Å². The number of hydrogen-bond donors (Lipinski definition) is 0. The Bertz CT molecular complexity index is 404. The van der Waals surface area contributed by atoms with Crippen LogP contribution >= 0.6 is 23.2 Å². The van der Waals surface area contributed by atoms with Crippen molar-refractivity contribution in [3.05, 3.63) is 23.2 Å². The predicted octanol–water partition coefficient (Wildman–Crippen LogP) is 2.29. The van der Waals surface area contributed by atoms with Crippen LogP contribution in [0, 0.1) is 5.92 Å². The first-order valence-corrected chi connectivity index (χ1v) is 6.34. The number of fused-ring (bicyclic) bond motifs is 3. The van der Waals surface area contributed by atoms with E-state index in [1.807, 2.05) is 0 Å². The summed E-state index contributed by atoms with van der Waals surface area (Å²) in [5.74, 6) is 0.480. The van der Waals surface area contributed by atoms with Gasteiger partial charge < -0.3 is 4.90 Å². The Morgan fingerprint density at radius 1 is 1.25 bits per heavy atom. The molecule has 0 amide bonds. The minimum atomic E-state index is -0.429. The summed E-state index contributed by atoms with van der Waals surface area (Å²) >= 11 is 12.9. The minimum Gasteiger partial charge on any atom is -0.301 e. The topological polar surface area (TPSA) is 29.0 Å². The van der Waals surface area contributed by atoms with Gasteiger partial charge in [0.2, 0.25) is 0 Å². The third kappa shape index (κ3) is 1.53. The van der Waals surface area contributed by atoms with Gasteiger partial charge in [-0.25, -0.2) is 4.98 Å². The van der Waals surface area contributed by atoms with Crippen molar-refractivity contribution in [1.82, 2.24) is 14.9 Å². The van der Waals surface area contributed by atoms with E-state index in [0.29, 0.717) is 11.1 Å². The van der Waals surface area contributed by atoms with E-state index in [2.05, 4.69) is 14.9 Å². The second kappa shape index (κ2) is 3.83. The van der Waals surface area contributed by atoms with E-state index in [9.17, 15) is 0 Å². The average molecular weight is 258 g/mol. The molecule has 3 fully saturated rings. The van der Waals surface area contributed by atoms with Crippen molar-refractivity contribution >= 4 is 23.2 Å². The molecule has 2 bridgehead atoms. The van der Waals surface area contributed by atoms with Crippen LogP contribution in [0.3, 0.4) is 0 Å². The molecule has 4 rings (SSSR count). The zero-order valence-corrected chi connectivity index (χ0v) is 10.4. The van der Waals surface area contributed by atoms with Crippen LogP contribution in [0.1, 0.15) is 18.5 Å². The summed E-state index contributed by atoms with van der Waals surface area (Å²) in [6, 6.07) is 0. The van der Waals surface area contributed by atoms with Crippen LogP contribution in [-0.4, -0.2) is 34.5 Å². The Balaban J connectivity index is 2.02. The maximum atomic E-state index is 6.77. The van der Waals surface area contributed by atoms with Crippen LogP contribution in [0.4, 0.5) is 0 Å². The van der Waals surface area contributed by atoms with E-state index < -0.39 is 4.87 Å². The molecule has 0 saturated carbocycles. The smallest absolute Gasteiger partial charge is 0.152 e. The lowest BCUT2D eigenvalue weighted by molar-refractivity contribution is 0.0645. The highest BCUT2D eigenvalue weighted by Gasteiger charge is 2.48. The predicted molar refractivity (Wildman–Crippen MR) is 63.7 cm³/mol. The summed E-state index contributed by atoms with van der Waals surface area (Å²) in [5, 5.41) is 0.450. The number of halogens is 2. The molecular weight excluding hydrogens is 245 g/mol. The number of aromatic nitrogens is 2. The highest BCUT2D eigenvalue weighted by Crippen LogP contribution is 2.47. The first kappa shape index (κ1) is 10.8. The van der Waals surface area contributed by atoms with Crippen molar-refractivity contribution in [1.29, 1.82) is 0 Å².